The second-order valence-corrected chi connectivity index (χ2v) is 6.21. The van der Waals surface area contributed by atoms with Crippen LogP contribution in [-0.2, 0) is 27.3 Å². The summed E-state index contributed by atoms with van der Waals surface area (Å²) in [4.78, 5) is 35.2. The largest absolute Gasteiger partial charge is 0.467 e. The number of nitrogens with one attached hydrogen (secondary N) is 2. The summed E-state index contributed by atoms with van der Waals surface area (Å²) in [6, 6.07) is 20.1. The van der Waals surface area contributed by atoms with Gasteiger partial charge in [-0.3, -0.25) is 14.9 Å². The molecular weight excluding hydrogens is 372 g/mol. The van der Waals surface area contributed by atoms with Gasteiger partial charge in [0.15, 0.2) is 6.61 Å². The van der Waals surface area contributed by atoms with Crippen molar-refractivity contribution in [1.29, 1.82) is 0 Å². The number of amides is 3. The maximum atomic E-state index is 11.9. The number of urea groups is 1. The fraction of sp³-hybridized carbons (Fsp3) is 0.136. The maximum absolute atomic E-state index is 11.9. The van der Waals surface area contributed by atoms with E-state index in [1.165, 1.54) is 6.26 Å². The summed E-state index contributed by atoms with van der Waals surface area (Å²) in [5.41, 5.74) is 2.90. The summed E-state index contributed by atoms with van der Waals surface area (Å²) in [5, 5.41) is 4.54. The lowest BCUT2D eigenvalue weighted by molar-refractivity contribution is -0.147. The van der Waals surface area contributed by atoms with E-state index in [2.05, 4.69) is 10.6 Å². The van der Waals surface area contributed by atoms with Crippen LogP contribution >= 0.6 is 0 Å². The molecule has 1 aromatic heterocycles. The van der Waals surface area contributed by atoms with Gasteiger partial charge in [0.1, 0.15) is 5.76 Å². The second kappa shape index (κ2) is 9.89. The van der Waals surface area contributed by atoms with Gasteiger partial charge in [-0.25, -0.2) is 4.79 Å². The van der Waals surface area contributed by atoms with Gasteiger partial charge in [-0.2, -0.15) is 0 Å². The normalized spacial score (nSPS) is 10.2. The number of esters is 1. The van der Waals surface area contributed by atoms with Gasteiger partial charge >= 0.3 is 12.0 Å². The first-order valence-electron chi connectivity index (χ1n) is 9.00. The van der Waals surface area contributed by atoms with Crippen molar-refractivity contribution in [2.75, 3.05) is 6.61 Å². The molecule has 0 unspecified atom stereocenters. The number of benzene rings is 2. The van der Waals surface area contributed by atoms with Gasteiger partial charge in [0.25, 0.3) is 5.91 Å². The second-order valence-electron chi connectivity index (χ2n) is 6.21. The molecule has 2 aromatic carbocycles. The highest BCUT2D eigenvalue weighted by Gasteiger charge is 2.12. The van der Waals surface area contributed by atoms with Gasteiger partial charge in [-0.15, -0.1) is 0 Å². The molecular formula is C22H20N2O5. The molecule has 0 bridgehead atoms. The van der Waals surface area contributed by atoms with Crippen LogP contribution < -0.4 is 10.6 Å². The van der Waals surface area contributed by atoms with Crippen molar-refractivity contribution in [2.45, 2.75) is 13.0 Å². The zero-order valence-corrected chi connectivity index (χ0v) is 15.6. The number of carbonyl (C=O) groups excluding carboxylic acids is 3. The van der Waals surface area contributed by atoms with Crippen LogP contribution in [0.2, 0.25) is 0 Å². The number of imide groups is 1. The fourth-order valence-electron chi connectivity index (χ4n) is 2.60. The molecule has 0 atom stereocenters. The molecule has 1 heterocycles. The molecule has 0 aliphatic heterocycles. The first-order chi connectivity index (χ1) is 14.1. The Kier molecular flexibility index (Phi) is 6.78. The Morgan fingerprint density at radius 2 is 1.59 bits per heavy atom. The Hall–Kier alpha value is -3.87. The van der Waals surface area contributed by atoms with Gasteiger partial charge in [-0.1, -0.05) is 54.6 Å². The van der Waals surface area contributed by atoms with E-state index in [-0.39, 0.29) is 13.0 Å². The molecule has 0 saturated carbocycles. The number of carbonyl (C=O) groups is 3. The Balaban J connectivity index is 1.39. The monoisotopic (exact) mass is 392 g/mol. The van der Waals surface area contributed by atoms with Crippen LogP contribution in [0.4, 0.5) is 4.79 Å². The molecule has 3 rings (SSSR count). The van der Waals surface area contributed by atoms with Gasteiger partial charge < -0.3 is 14.5 Å². The van der Waals surface area contributed by atoms with Crippen LogP contribution in [-0.4, -0.2) is 24.5 Å². The summed E-state index contributed by atoms with van der Waals surface area (Å²) < 4.78 is 9.98. The standard InChI is InChI=1S/C22H20N2O5/c25-20(24-22(27)23-14-19-7-4-12-28-19)15-29-21(26)13-16-8-10-18(11-9-16)17-5-2-1-3-6-17/h1-12H,13-15H2,(H2,23,24,25,27). The van der Waals surface area contributed by atoms with Gasteiger partial charge in [0.05, 0.1) is 19.2 Å². The van der Waals surface area contributed by atoms with E-state index in [1.807, 2.05) is 54.6 Å². The number of hydrogen-bond acceptors (Lipinski definition) is 5. The SMILES string of the molecule is O=C(COC(=O)Cc1ccc(-c2ccccc2)cc1)NC(=O)NCc1ccco1. The van der Waals surface area contributed by atoms with Crippen molar-refractivity contribution in [3.8, 4) is 11.1 Å². The zero-order valence-electron chi connectivity index (χ0n) is 15.6. The molecule has 0 saturated heterocycles. The highest BCUT2D eigenvalue weighted by molar-refractivity contribution is 5.95. The van der Waals surface area contributed by atoms with E-state index < -0.39 is 24.5 Å². The smallest absolute Gasteiger partial charge is 0.321 e. The summed E-state index contributed by atoms with van der Waals surface area (Å²) in [6.45, 7) is -0.389. The minimum atomic E-state index is -0.713. The van der Waals surface area contributed by atoms with Crippen molar-refractivity contribution in [3.05, 3.63) is 84.3 Å². The molecule has 0 spiro atoms. The van der Waals surface area contributed by atoms with Gasteiger partial charge in [-0.05, 0) is 28.8 Å². The van der Waals surface area contributed by atoms with Crippen LogP contribution in [0.15, 0.2) is 77.4 Å². The lowest BCUT2D eigenvalue weighted by Gasteiger charge is -2.07. The molecule has 0 radical (unpaired) electrons. The molecule has 3 amide bonds. The average molecular weight is 392 g/mol. The molecule has 0 aliphatic carbocycles. The lowest BCUT2D eigenvalue weighted by atomic mass is 10.0. The van der Waals surface area contributed by atoms with E-state index in [0.717, 1.165) is 16.7 Å². The highest BCUT2D eigenvalue weighted by atomic mass is 16.5. The summed E-state index contributed by atoms with van der Waals surface area (Å²) in [5.74, 6) is -0.712. The van der Waals surface area contributed by atoms with E-state index in [4.69, 9.17) is 9.15 Å². The predicted octanol–water partition coefficient (Wildman–Crippen LogP) is 3.06. The minimum Gasteiger partial charge on any atom is -0.467 e. The van der Waals surface area contributed by atoms with Crippen LogP contribution in [0, 0.1) is 0 Å². The Bertz CT molecular complexity index is 951. The molecule has 7 heteroatoms. The minimum absolute atomic E-state index is 0.0348. The molecule has 3 aromatic rings. The number of rotatable bonds is 7. The molecule has 2 N–H and O–H groups in total. The van der Waals surface area contributed by atoms with Gasteiger partial charge in [0.2, 0.25) is 0 Å². The van der Waals surface area contributed by atoms with E-state index in [1.54, 1.807) is 12.1 Å². The van der Waals surface area contributed by atoms with Crippen molar-refractivity contribution in [1.82, 2.24) is 10.6 Å². The Morgan fingerprint density at radius 1 is 0.862 bits per heavy atom. The maximum Gasteiger partial charge on any atom is 0.321 e. The quantitative estimate of drug-likeness (QED) is 0.602. The van der Waals surface area contributed by atoms with Crippen molar-refractivity contribution >= 4 is 17.9 Å². The first kappa shape index (κ1) is 19.9. The number of hydrogen-bond donors (Lipinski definition) is 2. The van der Waals surface area contributed by atoms with E-state index >= 15 is 0 Å². The third-order valence-corrected chi connectivity index (χ3v) is 4.03. The number of furan rings is 1. The molecule has 0 fully saturated rings. The lowest BCUT2D eigenvalue weighted by Crippen LogP contribution is -2.41. The highest BCUT2D eigenvalue weighted by Crippen LogP contribution is 2.19. The van der Waals surface area contributed by atoms with Crippen molar-refractivity contribution in [3.63, 3.8) is 0 Å². The van der Waals surface area contributed by atoms with E-state index in [9.17, 15) is 14.4 Å². The topological polar surface area (TPSA) is 97.6 Å². The average Bonchev–Trinajstić information content (AvgIpc) is 3.26. The number of ether oxygens (including phenoxy) is 1. The molecule has 0 aliphatic rings. The Labute approximate surface area is 167 Å². The molecule has 7 nitrogen and oxygen atoms in total. The van der Waals surface area contributed by atoms with Crippen LogP contribution in [0.25, 0.3) is 11.1 Å². The summed E-state index contributed by atoms with van der Waals surface area (Å²) in [6.07, 6.45) is 1.52. The fourth-order valence-corrected chi connectivity index (χ4v) is 2.60. The molecule has 29 heavy (non-hydrogen) atoms. The third-order valence-electron chi connectivity index (χ3n) is 4.03. The van der Waals surface area contributed by atoms with Crippen LogP contribution in [0.3, 0.4) is 0 Å². The summed E-state index contributed by atoms with van der Waals surface area (Å²) in [7, 11) is 0. The third kappa shape index (κ3) is 6.35. The zero-order chi connectivity index (χ0) is 20.5. The Morgan fingerprint density at radius 3 is 2.28 bits per heavy atom. The van der Waals surface area contributed by atoms with Crippen molar-refractivity contribution < 1.29 is 23.5 Å². The van der Waals surface area contributed by atoms with Crippen LogP contribution in [0.5, 0.6) is 0 Å². The van der Waals surface area contributed by atoms with Crippen molar-refractivity contribution in [2.24, 2.45) is 0 Å². The van der Waals surface area contributed by atoms with Gasteiger partial charge in [0, 0.05) is 0 Å². The van der Waals surface area contributed by atoms with Crippen LogP contribution in [0.1, 0.15) is 11.3 Å². The summed E-state index contributed by atoms with van der Waals surface area (Å²) >= 11 is 0. The van der Waals surface area contributed by atoms with E-state index in [0.29, 0.717) is 5.76 Å². The first-order valence-corrected chi connectivity index (χ1v) is 9.00. The predicted molar refractivity (Wildman–Crippen MR) is 106 cm³/mol. The molecule has 148 valence electrons.